The van der Waals surface area contributed by atoms with Crippen LogP contribution in [0.2, 0.25) is 0 Å². The Labute approximate surface area is 157 Å². The van der Waals surface area contributed by atoms with E-state index in [0.29, 0.717) is 6.04 Å². The van der Waals surface area contributed by atoms with Crippen LogP contribution in [0.5, 0.6) is 0 Å². The normalized spacial score (nSPS) is 25.3. The van der Waals surface area contributed by atoms with Crippen molar-refractivity contribution in [2.24, 2.45) is 5.92 Å². The Hall–Kier alpha value is -1.43. The first-order valence-electron chi connectivity index (χ1n) is 10.1. The van der Waals surface area contributed by atoms with Crippen LogP contribution in [0.4, 0.5) is 0 Å². The molecule has 1 heterocycles. The van der Waals surface area contributed by atoms with Crippen LogP contribution in [0.25, 0.3) is 0 Å². The van der Waals surface area contributed by atoms with Gasteiger partial charge in [-0.15, -0.1) is 0 Å². The molecule has 0 atom stereocenters. The third kappa shape index (κ3) is 5.53. The van der Waals surface area contributed by atoms with Gasteiger partial charge in [-0.1, -0.05) is 31.2 Å². The number of benzene rings is 1. The van der Waals surface area contributed by atoms with E-state index in [2.05, 4.69) is 46.3 Å². The number of nitrogens with zero attached hydrogens (tertiary/aromatic N) is 2. The van der Waals surface area contributed by atoms with Gasteiger partial charge in [0.2, 0.25) is 0 Å². The number of carboxylic acid groups (broad SMARTS) is 1. The molecule has 0 unspecified atom stereocenters. The lowest BCUT2D eigenvalue weighted by Gasteiger charge is -2.34. The highest BCUT2D eigenvalue weighted by Crippen LogP contribution is 2.24. The molecule has 1 saturated carbocycles. The molecule has 5 nitrogen and oxygen atoms in total. The predicted octanol–water partition coefficient (Wildman–Crippen LogP) is 2.56. The molecule has 2 aliphatic rings. The highest BCUT2D eigenvalue weighted by molar-refractivity contribution is 5.70. The molecule has 1 aliphatic carbocycles. The molecule has 5 heteroatoms. The van der Waals surface area contributed by atoms with E-state index in [0.717, 1.165) is 58.4 Å². The van der Waals surface area contributed by atoms with Crippen molar-refractivity contribution in [2.45, 2.75) is 51.7 Å². The molecule has 3 rings (SSSR count). The number of hydrogen-bond donors (Lipinski definition) is 2. The van der Waals surface area contributed by atoms with Gasteiger partial charge >= 0.3 is 5.97 Å². The number of rotatable bonds is 7. The zero-order valence-corrected chi connectivity index (χ0v) is 16.0. The van der Waals surface area contributed by atoms with E-state index in [1.807, 2.05) is 0 Å². The van der Waals surface area contributed by atoms with Crippen LogP contribution in [0, 0.1) is 5.92 Å². The highest BCUT2D eigenvalue weighted by atomic mass is 16.4. The molecule has 0 aromatic heterocycles. The molecule has 1 aromatic rings. The fourth-order valence-electron chi connectivity index (χ4n) is 4.09. The van der Waals surface area contributed by atoms with Crippen LogP contribution >= 0.6 is 0 Å². The molecular formula is C21H33N3O2. The molecule has 0 spiro atoms. The summed E-state index contributed by atoms with van der Waals surface area (Å²) in [5, 5.41) is 12.7. The number of carbonyl (C=O) groups is 1. The summed E-state index contributed by atoms with van der Waals surface area (Å²) >= 11 is 0. The number of nitrogens with one attached hydrogen (secondary N) is 1. The minimum Gasteiger partial charge on any atom is -0.481 e. The second-order valence-corrected chi connectivity index (χ2v) is 7.79. The molecule has 2 N–H and O–H groups in total. The van der Waals surface area contributed by atoms with Gasteiger partial charge in [0.15, 0.2) is 0 Å². The minimum absolute atomic E-state index is 0.133. The molecule has 0 radical (unpaired) electrons. The Morgan fingerprint density at radius 3 is 2.15 bits per heavy atom. The van der Waals surface area contributed by atoms with Crippen LogP contribution < -0.4 is 5.32 Å². The zero-order chi connectivity index (χ0) is 18.4. The molecule has 1 aromatic carbocycles. The third-order valence-corrected chi connectivity index (χ3v) is 6.01. The quantitative estimate of drug-likeness (QED) is 0.784. The third-order valence-electron chi connectivity index (χ3n) is 6.01. The first kappa shape index (κ1) is 19.3. The summed E-state index contributed by atoms with van der Waals surface area (Å²) in [4.78, 5) is 16.1. The van der Waals surface area contributed by atoms with Crippen molar-refractivity contribution in [3.8, 4) is 0 Å². The smallest absolute Gasteiger partial charge is 0.306 e. The monoisotopic (exact) mass is 359 g/mol. The Morgan fingerprint density at radius 2 is 1.58 bits per heavy atom. The van der Waals surface area contributed by atoms with Gasteiger partial charge in [-0.25, -0.2) is 0 Å². The first-order valence-corrected chi connectivity index (χ1v) is 10.1. The van der Waals surface area contributed by atoms with Gasteiger partial charge in [0.05, 0.1) is 5.92 Å². The van der Waals surface area contributed by atoms with Gasteiger partial charge in [0.25, 0.3) is 0 Å². The topological polar surface area (TPSA) is 55.8 Å². The second kappa shape index (κ2) is 9.49. The molecule has 1 saturated heterocycles. The number of hydrogen-bond acceptors (Lipinski definition) is 4. The minimum atomic E-state index is -0.629. The molecule has 26 heavy (non-hydrogen) atoms. The average Bonchev–Trinajstić information content (AvgIpc) is 2.68. The molecular weight excluding hydrogens is 326 g/mol. The van der Waals surface area contributed by atoms with Crippen molar-refractivity contribution in [1.82, 2.24) is 15.1 Å². The van der Waals surface area contributed by atoms with Gasteiger partial charge < -0.3 is 15.3 Å². The van der Waals surface area contributed by atoms with E-state index in [4.69, 9.17) is 5.11 Å². The molecule has 144 valence electrons. The number of aliphatic carboxylic acids is 1. The summed E-state index contributed by atoms with van der Waals surface area (Å²) in [6, 6.07) is 9.43. The van der Waals surface area contributed by atoms with Crippen molar-refractivity contribution in [1.29, 1.82) is 0 Å². The Morgan fingerprint density at radius 1 is 1.00 bits per heavy atom. The van der Waals surface area contributed by atoms with E-state index in [-0.39, 0.29) is 5.92 Å². The van der Waals surface area contributed by atoms with E-state index < -0.39 is 5.97 Å². The van der Waals surface area contributed by atoms with Crippen molar-refractivity contribution >= 4 is 5.97 Å². The summed E-state index contributed by atoms with van der Waals surface area (Å²) in [6.07, 6.45) is 3.55. The van der Waals surface area contributed by atoms with Crippen molar-refractivity contribution in [2.75, 3.05) is 32.7 Å². The van der Waals surface area contributed by atoms with E-state index in [1.165, 1.54) is 24.2 Å². The maximum absolute atomic E-state index is 11.0. The lowest BCUT2D eigenvalue weighted by Crippen LogP contribution is -2.45. The summed E-state index contributed by atoms with van der Waals surface area (Å²) < 4.78 is 0. The predicted molar refractivity (Wildman–Crippen MR) is 104 cm³/mol. The van der Waals surface area contributed by atoms with Gasteiger partial charge in [-0.05, 0) is 43.4 Å². The van der Waals surface area contributed by atoms with Crippen LogP contribution in [0.1, 0.15) is 43.7 Å². The number of carboxylic acids is 1. The lowest BCUT2D eigenvalue weighted by molar-refractivity contribution is -0.142. The average molecular weight is 360 g/mol. The maximum atomic E-state index is 11.0. The lowest BCUT2D eigenvalue weighted by atomic mass is 9.86. The largest absolute Gasteiger partial charge is 0.481 e. The van der Waals surface area contributed by atoms with Gasteiger partial charge in [-0.3, -0.25) is 9.69 Å². The molecule has 0 bridgehead atoms. The Bertz CT molecular complexity index is 559. The van der Waals surface area contributed by atoms with Gasteiger partial charge in [-0.2, -0.15) is 0 Å². The highest BCUT2D eigenvalue weighted by Gasteiger charge is 2.25. The van der Waals surface area contributed by atoms with Crippen LogP contribution in [0.3, 0.4) is 0 Å². The van der Waals surface area contributed by atoms with E-state index in [1.54, 1.807) is 0 Å². The Kier molecular flexibility index (Phi) is 7.06. The fourth-order valence-corrected chi connectivity index (χ4v) is 4.09. The number of likely N-dealkylation sites (N-methyl/N-ethyl adjacent to an activating group) is 1. The Balaban J connectivity index is 1.39. The molecule has 1 aliphatic heterocycles. The first-order chi connectivity index (χ1) is 12.6. The molecule has 2 fully saturated rings. The standard InChI is InChI=1S/C21H33N3O2/c1-2-23-11-13-24(14-12-23)16-18-5-3-17(4-6-18)15-22-20-9-7-19(8-10-20)21(25)26/h3-6,19-20,22H,2,7-16H2,1H3,(H,25,26). The van der Waals surface area contributed by atoms with Crippen LogP contribution in [-0.2, 0) is 17.9 Å². The van der Waals surface area contributed by atoms with Crippen LogP contribution in [-0.4, -0.2) is 59.6 Å². The van der Waals surface area contributed by atoms with Crippen molar-refractivity contribution < 1.29 is 9.90 Å². The maximum Gasteiger partial charge on any atom is 0.306 e. The summed E-state index contributed by atoms with van der Waals surface area (Å²) in [5.74, 6) is -0.762. The summed E-state index contributed by atoms with van der Waals surface area (Å²) in [7, 11) is 0. The SMILES string of the molecule is CCN1CCN(Cc2ccc(CNC3CCC(C(=O)O)CC3)cc2)CC1. The van der Waals surface area contributed by atoms with Crippen molar-refractivity contribution in [3.05, 3.63) is 35.4 Å². The fraction of sp³-hybridized carbons (Fsp3) is 0.667. The second-order valence-electron chi connectivity index (χ2n) is 7.79. The number of piperazine rings is 1. The van der Waals surface area contributed by atoms with Gasteiger partial charge in [0, 0.05) is 45.3 Å². The van der Waals surface area contributed by atoms with E-state index >= 15 is 0 Å². The van der Waals surface area contributed by atoms with Crippen LogP contribution in [0.15, 0.2) is 24.3 Å². The zero-order valence-electron chi connectivity index (χ0n) is 16.0. The summed E-state index contributed by atoms with van der Waals surface area (Å²) in [5.41, 5.74) is 2.70. The van der Waals surface area contributed by atoms with E-state index in [9.17, 15) is 4.79 Å². The molecule has 0 amide bonds. The summed E-state index contributed by atoms with van der Waals surface area (Å²) in [6.45, 7) is 10.0. The van der Waals surface area contributed by atoms with Gasteiger partial charge in [0.1, 0.15) is 0 Å². The van der Waals surface area contributed by atoms with Crippen molar-refractivity contribution in [3.63, 3.8) is 0 Å².